The van der Waals surface area contributed by atoms with Crippen molar-refractivity contribution in [3.63, 3.8) is 0 Å². The van der Waals surface area contributed by atoms with Crippen LogP contribution in [0, 0.1) is 10.1 Å². The van der Waals surface area contributed by atoms with Crippen LogP contribution in [0.15, 0.2) is 41.4 Å². The number of halogens is 2. The molecule has 2 aromatic rings. The molecule has 0 bridgehead atoms. The monoisotopic (exact) mass is 408 g/mol. The van der Waals surface area contributed by atoms with Crippen molar-refractivity contribution in [3.8, 4) is 17.2 Å². The maximum atomic E-state index is 12.7. The van der Waals surface area contributed by atoms with Crippen molar-refractivity contribution in [2.75, 3.05) is 13.8 Å². The second-order valence-corrected chi connectivity index (χ2v) is 5.89. The number of guanidine groups is 1. The quantitative estimate of drug-likeness (QED) is 0.314. The fraction of sp³-hybridized carbons (Fsp3) is 0.278. The van der Waals surface area contributed by atoms with Gasteiger partial charge in [0.15, 0.2) is 17.5 Å². The third kappa shape index (κ3) is 5.21. The fourth-order valence-corrected chi connectivity index (χ4v) is 2.63. The first-order valence-electron chi connectivity index (χ1n) is 8.51. The number of fused-ring (bicyclic) bond motifs is 1. The van der Waals surface area contributed by atoms with Crippen molar-refractivity contribution < 1.29 is 27.9 Å². The minimum Gasteiger partial charge on any atom is -0.454 e. The maximum absolute atomic E-state index is 12.7. The highest BCUT2D eigenvalue weighted by molar-refractivity contribution is 5.79. The third-order valence-corrected chi connectivity index (χ3v) is 4.05. The van der Waals surface area contributed by atoms with Gasteiger partial charge >= 0.3 is 6.61 Å². The molecule has 11 heteroatoms. The fourth-order valence-electron chi connectivity index (χ4n) is 2.63. The van der Waals surface area contributed by atoms with E-state index >= 15 is 0 Å². The summed E-state index contributed by atoms with van der Waals surface area (Å²) in [4.78, 5) is 14.3. The van der Waals surface area contributed by atoms with Crippen LogP contribution in [0.4, 0.5) is 14.5 Å². The molecule has 0 atom stereocenters. The number of aliphatic imine (C=N–C) groups is 1. The lowest BCUT2D eigenvalue weighted by Gasteiger charge is -2.15. The van der Waals surface area contributed by atoms with Crippen LogP contribution in [0.3, 0.4) is 0 Å². The van der Waals surface area contributed by atoms with Gasteiger partial charge in [-0.15, -0.1) is 0 Å². The molecule has 0 saturated carbocycles. The number of hydrogen-bond donors (Lipinski definition) is 2. The minimum atomic E-state index is -2.98. The zero-order valence-electron chi connectivity index (χ0n) is 15.4. The van der Waals surface area contributed by atoms with Crippen LogP contribution >= 0.6 is 0 Å². The van der Waals surface area contributed by atoms with Gasteiger partial charge in [-0.3, -0.25) is 15.1 Å². The lowest BCUT2D eigenvalue weighted by molar-refractivity contribution is -0.384. The first-order chi connectivity index (χ1) is 14.0. The van der Waals surface area contributed by atoms with Crippen LogP contribution < -0.4 is 24.8 Å². The standard InChI is InChI=1S/C18H18F2N4O5/c1-21-18(22-8-11-2-4-13(5-3-11)24(25)26)23-9-12-6-15-16(28-10-27-15)7-14(12)29-17(19)20/h2-7,17H,8-10H2,1H3,(H2,21,22,23). The number of rotatable bonds is 7. The summed E-state index contributed by atoms with van der Waals surface area (Å²) in [5.74, 6) is 1.16. The Morgan fingerprint density at radius 3 is 2.48 bits per heavy atom. The second kappa shape index (κ2) is 9.04. The summed E-state index contributed by atoms with van der Waals surface area (Å²) in [7, 11) is 1.56. The Balaban J connectivity index is 1.62. The number of benzene rings is 2. The van der Waals surface area contributed by atoms with Gasteiger partial charge in [0.25, 0.3) is 5.69 Å². The van der Waals surface area contributed by atoms with Gasteiger partial charge < -0.3 is 24.8 Å². The molecular weight excluding hydrogens is 390 g/mol. The Morgan fingerprint density at radius 2 is 1.86 bits per heavy atom. The van der Waals surface area contributed by atoms with Crippen LogP contribution in [0.5, 0.6) is 17.2 Å². The molecule has 154 valence electrons. The van der Waals surface area contributed by atoms with Gasteiger partial charge in [-0.05, 0) is 11.6 Å². The van der Waals surface area contributed by atoms with E-state index in [-0.39, 0.29) is 24.8 Å². The molecule has 29 heavy (non-hydrogen) atoms. The van der Waals surface area contributed by atoms with Gasteiger partial charge in [0.1, 0.15) is 5.75 Å². The zero-order valence-corrected chi connectivity index (χ0v) is 15.4. The highest BCUT2D eigenvalue weighted by Crippen LogP contribution is 2.38. The molecule has 0 unspecified atom stereocenters. The van der Waals surface area contributed by atoms with Crippen LogP contribution in [-0.2, 0) is 13.1 Å². The van der Waals surface area contributed by atoms with Gasteiger partial charge in [0.05, 0.1) is 4.92 Å². The van der Waals surface area contributed by atoms with Crippen molar-refractivity contribution in [2.24, 2.45) is 4.99 Å². The molecule has 0 radical (unpaired) electrons. The van der Waals surface area contributed by atoms with Crippen LogP contribution in [0.2, 0.25) is 0 Å². The van der Waals surface area contributed by atoms with Crippen molar-refractivity contribution in [2.45, 2.75) is 19.7 Å². The first kappa shape index (κ1) is 20.1. The van der Waals surface area contributed by atoms with Gasteiger partial charge in [-0.1, -0.05) is 12.1 Å². The highest BCUT2D eigenvalue weighted by atomic mass is 19.3. The molecule has 1 aliphatic rings. The summed E-state index contributed by atoms with van der Waals surface area (Å²) < 4.78 is 40.5. The highest BCUT2D eigenvalue weighted by Gasteiger charge is 2.20. The lowest BCUT2D eigenvalue weighted by atomic mass is 10.1. The Morgan fingerprint density at radius 1 is 1.21 bits per heavy atom. The number of nitrogens with zero attached hydrogens (tertiary/aromatic N) is 2. The Hall–Kier alpha value is -3.63. The second-order valence-electron chi connectivity index (χ2n) is 5.89. The first-order valence-corrected chi connectivity index (χ1v) is 8.51. The van der Waals surface area contributed by atoms with Gasteiger partial charge in [0, 0.05) is 43.9 Å². The predicted octanol–water partition coefficient (Wildman–Crippen LogP) is 2.79. The van der Waals surface area contributed by atoms with Crippen molar-refractivity contribution in [3.05, 3.63) is 57.6 Å². The zero-order chi connectivity index (χ0) is 20.8. The van der Waals surface area contributed by atoms with Crippen LogP contribution in [0.25, 0.3) is 0 Å². The molecule has 3 rings (SSSR count). The Labute approximate surface area is 164 Å². The average molecular weight is 408 g/mol. The number of nitro groups is 1. The topological polar surface area (TPSA) is 107 Å². The summed E-state index contributed by atoms with van der Waals surface area (Å²) in [6, 6.07) is 9.01. The van der Waals surface area contributed by atoms with E-state index in [1.165, 1.54) is 18.2 Å². The molecule has 9 nitrogen and oxygen atoms in total. The van der Waals surface area contributed by atoms with Gasteiger partial charge in [-0.2, -0.15) is 8.78 Å². The smallest absolute Gasteiger partial charge is 0.387 e. The van der Waals surface area contributed by atoms with Gasteiger partial charge in [0.2, 0.25) is 6.79 Å². The summed E-state index contributed by atoms with van der Waals surface area (Å²) in [6.45, 7) is -2.47. The van der Waals surface area contributed by atoms with E-state index in [4.69, 9.17) is 9.47 Å². The minimum absolute atomic E-state index is 0.00521. The van der Waals surface area contributed by atoms with E-state index in [1.807, 2.05) is 0 Å². The molecule has 0 aromatic heterocycles. The molecule has 1 heterocycles. The maximum Gasteiger partial charge on any atom is 0.387 e. The van der Waals surface area contributed by atoms with Crippen LogP contribution in [0.1, 0.15) is 11.1 Å². The Kier molecular flexibility index (Phi) is 6.27. The SMILES string of the molecule is CN=C(NCc1ccc([N+](=O)[O-])cc1)NCc1cc2c(cc1OC(F)F)OCO2. The van der Waals surface area contributed by atoms with E-state index in [1.54, 1.807) is 25.2 Å². The number of ether oxygens (including phenoxy) is 3. The summed E-state index contributed by atoms with van der Waals surface area (Å²) in [5.41, 5.74) is 1.25. The number of nitro benzene ring substituents is 1. The molecule has 0 spiro atoms. The lowest BCUT2D eigenvalue weighted by Crippen LogP contribution is -2.36. The molecule has 0 amide bonds. The average Bonchev–Trinajstić information content (AvgIpc) is 3.15. The van der Waals surface area contributed by atoms with E-state index in [0.29, 0.717) is 29.6 Å². The molecule has 0 saturated heterocycles. The molecule has 2 aromatic carbocycles. The molecular formula is C18H18F2N4O5. The van der Waals surface area contributed by atoms with E-state index < -0.39 is 11.5 Å². The molecule has 0 fully saturated rings. The van der Waals surface area contributed by atoms with Gasteiger partial charge in [-0.25, -0.2) is 0 Å². The van der Waals surface area contributed by atoms with Crippen molar-refractivity contribution in [1.29, 1.82) is 0 Å². The summed E-state index contributed by atoms with van der Waals surface area (Å²) >= 11 is 0. The molecule has 2 N–H and O–H groups in total. The third-order valence-electron chi connectivity index (χ3n) is 4.05. The Bertz CT molecular complexity index is 906. The number of hydrogen-bond acceptors (Lipinski definition) is 6. The van der Waals surface area contributed by atoms with Crippen molar-refractivity contribution in [1.82, 2.24) is 10.6 Å². The number of alkyl halides is 2. The number of nitrogens with one attached hydrogen (secondary N) is 2. The largest absolute Gasteiger partial charge is 0.454 e. The normalized spacial score (nSPS) is 12.8. The van der Waals surface area contributed by atoms with E-state index in [0.717, 1.165) is 5.56 Å². The summed E-state index contributed by atoms with van der Waals surface area (Å²) in [5, 5.41) is 16.7. The summed E-state index contributed by atoms with van der Waals surface area (Å²) in [6.07, 6.45) is 0. The molecule has 0 aliphatic carbocycles. The van der Waals surface area contributed by atoms with E-state index in [2.05, 4.69) is 20.4 Å². The molecule has 1 aliphatic heterocycles. The number of non-ortho nitro benzene ring substituents is 1. The van der Waals surface area contributed by atoms with Crippen LogP contribution in [-0.4, -0.2) is 31.3 Å². The predicted molar refractivity (Wildman–Crippen MR) is 99.3 cm³/mol. The van der Waals surface area contributed by atoms with E-state index in [9.17, 15) is 18.9 Å². The van der Waals surface area contributed by atoms with Crippen molar-refractivity contribution >= 4 is 11.6 Å².